The Bertz CT molecular complexity index is 1010. The van der Waals surface area contributed by atoms with E-state index in [1.807, 2.05) is 13.8 Å². The maximum absolute atomic E-state index is 17.4. The summed E-state index contributed by atoms with van der Waals surface area (Å²) in [5.74, 6) is 3.11. The molecule has 0 aromatic rings. The second kappa shape index (κ2) is 9.57. The molecule has 4 aliphatic carbocycles. The standard InChI is InChI=1S/C26H36F2N2O6.CH4/c1-4-5-22-35-21-10-15-16-9-18(27)17-8-14(31)6-7-23(17,2)25(16,28)19(32)11-24(15,3)26(21,36-22)20(33)12-34-13-30-29;/h6-8,15-16,18-19,21-22,30,32H,4-5,9-13,29H2,1-3H3;1H4/t15?,16?,18-,19?,21?,22?,23?,24?,25-,26?;/m0./s1. The average Bonchev–Trinajstić information content (AvgIpc) is 3.30. The predicted molar refractivity (Wildman–Crippen MR) is 131 cm³/mol. The van der Waals surface area contributed by atoms with E-state index < -0.39 is 64.4 Å². The van der Waals surface area contributed by atoms with E-state index in [9.17, 15) is 14.7 Å². The molecule has 10 atom stereocenters. The molecule has 3 saturated carbocycles. The lowest BCUT2D eigenvalue weighted by molar-refractivity contribution is -0.235. The van der Waals surface area contributed by atoms with Gasteiger partial charge in [0.2, 0.25) is 0 Å². The van der Waals surface area contributed by atoms with Gasteiger partial charge in [-0.15, -0.1) is 0 Å². The van der Waals surface area contributed by atoms with Crippen molar-refractivity contribution >= 4 is 11.6 Å². The Hall–Kier alpha value is -1.56. The minimum absolute atomic E-state index is 0. The van der Waals surface area contributed by atoms with Crippen molar-refractivity contribution in [2.45, 2.75) is 96.2 Å². The van der Waals surface area contributed by atoms with Crippen LogP contribution < -0.4 is 11.3 Å². The smallest absolute Gasteiger partial charge is 0.193 e. The molecular formula is C27H40F2N2O6. The second-order valence-corrected chi connectivity index (χ2v) is 11.4. The summed E-state index contributed by atoms with van der Waals surface area (Å²) in [6.45, 7) is 5.02. The third-order valence-corrected chi connectivity index (χ3v) is 9.78. The summed E-state index contributed by atoms with van der Waals surface area (Å²) in [5.41, 5.74) is -3.79. The number of rotatable bonds is 7. The minimum atomic E-state index is -2.23. The number of hydrogen-bond donors (Lipinski definition) is 3. The topological polar surface area (TPSA) is 120 Å². The zero-order valence-electron chi connectivity index (χ0n) is 21.0. The van der Waals surface area contributed by atoms with E-state index in [0.29, 0.717) is 12.8 Å². The highest BCUT2D eigenvalue weighted by Crippen LogP contribution is 2.72. The summed E-state index contributed by atoms with van der Waals surface area (Å²) in [4.78, 5) is 25.8. The Labute approximate surface area is 216 Å². The molecule has 37 heavy (non-hydrogen) atoms. The summed E-state index contributed by atoms with van der Waals surface area (Å²) in [7, 11) is 0. The van der Waals surface area contributed by atoms with Crippen LogP contribution in [0, 0.1) is 22.7 Å². The van der Waals surface area contributed by atoms with Gasteiger partial charge < -0.3 is 19.3 Å². The van der Waals surface area contributed by atoms with Crippen molar-refractivity contribution < 1.29 is 37.7 Å². The van der Waals surface area contributed by atoms with Gasteiger partial charge in [-0.05, 0) is 56.3 Å². The molecular weight excluding hydrogens is 486 g/mol. The SMILES string of the molecule is C.CCCC1OC2CC3C4C[C@H](F)C5=CC(=O)C=CC5(C)[C@@]4(F)C(O)CC3(C)C2(C(=O)COCNN)O1. The van der Waals surface area contributed by atoms with Gasteiger partial charge in [0.25, 0.3) is 0 Å². The Morgan fingerprint density at radius 1 is 1.32 bits per heavy atom. The Balaban J connectivity index is 0.00000320. The molecule has 0 bridgehead atoms. The number of alkyl halides is 2. The first-order chi connectivity index (χ1) is 17.0. The summed E-state index contributed by atoms with van der Waals surface area (Å²) in [5, 5.41) is 11.5. The van der Waals surface area contributed by atoms with Crippen LogP contribution in [0.25, 0.3) is 0 Å². The average molecular weight is 527 g/mol. The molecule has 4 fully saturated rings. The summed E-state index contributed by atoms with van der Waals surface area (Å²) < 4.78 is 51.0. The van der Waals surface area contributed by atoms with Gasteiger partial charge in [0.05, 0.1) is 12.2 Å². The van der Waals surface area contributed by atoms with E-state index in [2.05, 4.69) is 5.43 Å². The van der Waals surface area contributed by atoms with Crippen LogP contribution in [0.1, 0.15) is 60.3 Å². The first kappa shape index (κ1) is 28.4. The first-order valence-electron chi connectivity index (χ1n) is 12.8. The van der Waals surface area contributed by atoms with Crippen LogP contribution in [0.3, 0.4) is 0 Å². The molecule has 8 nitrogen and oxygen atoms in total. The van der Waals surface area contributed by atoms with E-state index >= 15 is 8.78 Å². The molecule has 4 N–H and O–H groups in total. The molecule has 0 radical (unpaired) electrons. The van der Waals surface area contributed by atoms with E-state index in [0.717, 1.165) is 6.42 Å². The number of carbonyl (C=O) groups excluding carboxylic acids is 2. The fraction of sp³-hybridized carbons (Fsp3) is 0.778. The van der Waals surface area contributed by atoms with Crippen molar-refractivity contribution in [3.63, 3.8) is 0 Å². The van der Waals surface area contributed by atoms with E-state index in [1.54, 1.807) is 6.92 Å². The van der Waals surface area contributed by atoms with Crippen molar-refractivity contribution in [2.75, 3.05) is 13.3 Å². The molecule has 0 aromatic carbocycles. The zero-order valence-corrected chi connectivity index (χ0v) is 21.0. The number of hydrazine groups is 1. The molecule has 1 aliphatic heterocycles. The number of ether oxygens (including phenoxy) is 3. The summed E-state index contributed by atoms with van der Waals surface area (Å²) >= 11 is 0. The van der Waals surface area contributed by atoms with E-state index in [1.165, 1.54) is 18.2 Å². The van der Waals surface area contributed by atoms with E-state index in [-0.39, 0.29) is 45.0 Å². The number of aliphatic hydroxyl groups is 1. The predicted octanol–water partition coefficient (Wildman–Crippen LogP) is 2.84. The number of Topliss-reactive ketones (excluding diaryl/α,β-unsaturated/α-hetero) is 1. The van der Waals surface area contributed by atoms with Gasteiger partial charge in [0, 0.05) is 16.7 Å². The van der Waals surface area contributed by atoms with Gasteiger partial charge in [0.1, 0.15) is 19.5 Å². The van der Waals surface area contributed by atoms with Crippen LogP contribution >= 0.6 is 0 Å². The third-order valence-electron chi connectivity index (χ3n) is 9.78. The lowest BCUT2D eigenvalue weighted by Crippen LogP contribution is -2.71. The lowest BCUT2D eigenvalue weighted by Gasteiger charge is -2.63. The highest BCUT2D eigenvalue weighted by atomic mass is 19.1. The Morgan fingerprint density at radius 2 is 2.05 bits per heavy atom. The van der Waals surface area contributed by atoms with Gasteiger partial charge in [0.15, 0.2) is 29.1 Å². The van der Waals surface area contributed by atoms with Gasteiger partial charge in [-0.1, -0.05) is 33.8 Å². The second-order valence-electron chi connectivity index (χ2n) is 11.4. The molecule has 208 valence electrons. The molecule has 0 spiro atoms. The van der Waals surface area contributed by atoms with Crippen LogP contribution in [0.2, 0.25) is 0 Å². The number of fused-ring (bicyclic) bond motifs is 7. The Morgan fingerprint density at radius 3 is 2.73 bits per heavy atom. The maximum Gasteiger partial charge on any atom is 0.193 e. The summed E-state index contributed by atoms with van der Waals surface area (Å²) in [6.07, 6.45) is 0.847. The molecule has 8 unspecified atom stereocenters. The first-order valence-corrected chi connectivity index (χ1v) is 12.8. The fourth-order valence-corrected chi connectivity index (χ4v) is 8.20. The molecule has 10 heteroatoms. The van der Waals surface area contributed by atoms with E-state index in [4.69, 9.17) is 20.1 Å². The van der Waals surface area contributed by atoms with Gasteiger partial charge in [-0.3, -0.25) is 15.4 Å². The third kappa shape index (κ3) is 3.59. The maximum atomic E-state index is 17.4. The molecule has 1 heterocycles. The molecule has 5 rings (SSSR count). The molecule has 1 saturated heterocycles. The zero-order chi connectivity index (χ0) is 26.1. The number of halogens is 2. The van der Waals surface area contributed by atoms with Crippen LogP contribution in [-0.2, 0) is 23.8 Å². The molecule has 5 aliphatic rings. The quantitative estimate of drug-likeness (QED) is 0.201. The molecule has 0 aromatic heterocycles. The monoisotopic (exact) mass is 526 g/mol. The Kier molecular flexibility index (Phi) is 7.36. The number of aliphatic hydroxyl groups excluding tert-OH is 1. The normalized spacial score (nSPS) is 47.9. The number of ketones is 2. The fourth-order valence-electron chi connectivity index (χ4n) is 8.20. The lowest BCUT2D eigenvalue weighted by atomic mass is 9.44. The number of nitrogens with two attached hydrogens (primary N) is 1. The van der Waals surface area contributed by atoms with Crippen LogP contribution in [0.5, 0.6) is 0 Å². The van der Waals surface area contributed by atoms with Crippen molar-refractivity contribution in [2.24, 2.45) is 28.5 Å². The van der Waals surface area contributed by atoms with Crippen LogP contribution in [-0.4, -0.2) is 66.0 Å². The van der Waals surface area contributed by atoms with Crippen LogP contribution in [0.15, 0.2) is 23.8 Å². The van der Waals surface area contributed by atoms with Crippen molar-refractivity contribution in [3.8, 4) is 0 Å². The summed E-state index contributed by atoms with van der Waals surface area (Å²) in [6, 6.07) is 0. The van der Waals surface area contributed by atoms with Crippen LogP contribution in [0.4, 0.5) is 8.78 Å². The van der Waals surface area contributed by atoms with Gasteiger partial charge in [-0.25, -0.2) is 14.2 Å². The number of hydrogen-bond acceptors (Lipinski definition) is 8. The molecule has 0 amide bonds. The van der Waals surface area contributed by atoms with Crippen molar-refractivity contribution in [1.82, 2.24) is 5.43 Å². The number of carbonyl (C=O) groups is 2. The van der Waals surface area contributed by atoms with Gasteiger partial charge >= 0.3 is 0 Å². The van der Waals surface area contributed by atoms with Crippen molar-refractivity contribution in [1.29, 1.82) is 0 Å². The number of nitrogens with one attached hydrogen (secondary N) is 1. The highest BCUT2D eigenvalue weighted by Gasteiger charge is 2.79. The number of allylic oxidation sites excluding steroid dienone is 4. The minimum Gasteiger partial charge on any atom is -0.390 e. The largest absolute Gasteiger partial charge is 0.390 e. The van der Waals surface area contributed by atoms with Crippen molar-refractivity contribution in [3.05, 3.63) is 23.8 Å². The van der Waals surface area contributed by atoms with Gasteiger partial charge in [-0.2, -0.15) is 0 Å². The highest BCUT2D eigenvalue weighted by molar-refractivity contribution is 6.01.